The molecule has 1 heterocycles. The van der Waals surface area contributed by atoms with E-state index < -0.39 is 0 Å². The van der Waals surface area contributed by atoms with E-state index in [0.29, 0.717) is 0 Å². The topological polar surface area (TPSA) is 41.9 Å². The summed E-state index contributed by atoms with van der Waals surface area (Å²) in [5.74, 6) is 5.60. The third kappa shape index (κ3) is 7.04. The highest BCUT2D eigenvalue weighted by Gasteiger charge is 2.07. The van der Waals surface area contributed by atoms with E-state index >= 15 is 0 Å². The molecule has 5 heteroatoms. The van der Waals surface area contributed by atoms with Crippen LogP contribution in [0.15, 0.2) is 11.4 Å². The third-order valence-corrected chi connectivity index (χ3v) is 3.70. The van der Waals surface area contributed by atoms with Crippen molar-refractivity contribution in [1.82, 2.24) is 4.90 Å². The van der Waals surface area contributed by atoms with Gasteiger partial charge in [0.05, 0.1) is 6.61 Å². The molecule has 0 bridgehead atoms. The van der Waals surface area contributed by atoms with Crippen LogP contribution in [-0.4, -0.2) is 57.1 Å². The van der Waals surface area contributed by atoms with Crippen LogP contribution in [0.25, 0.3) is 0 Å². The first-order valence-corrected chi connectivity index (χ1v) is 7.55. The number of methoxy groups -OCH3 is 2. The minimum atomic E-state index is -0.0951. The molecule has 0 radical (unpaired) electrons. The fourth-order valence-corrected chi connectivity index (χ4v) is 2.67. The first-order chi connectivity index (χ1) is 9.80. The minimum absolute atomic E-state index is 0.0951. The van der Waals surface area contributed by atoms with E-state index in [9.17, 15) is 0 Å². The molecule has 0 fully saturated rings. The summed E-state index contributed by atoms with van der Waals surface area (Å²) < 4.78 is 10.3. The van der Waals surface area contributed by atoms with Gasteiger partial charge in [-0.2, -0.15) is 0 Å². The predicted molar refractivity (Wildman–Crippen MR) is 81.9 cm³/mol. The zero-order chi connectivity index (χ0) is 14.6. The molecule has 0 saturated heterocycles. The number of hydrogen-bond acceptors (Lipinski definition) is 5. The van der Waals surface area contributed by atoms with E-state index in [1.54, 1.807) is 25.6 Å². The van der Waals surface area contributed by atoms with Crippen LogP contribution in [0.5, 0.6) is 0 Å². The normalized spacial score (nSPS) is 10.6. The average Bonchev–Trinajstić information content (AvgIpc) is 2.90. The maximum absolute atomic E-state index is 8.69. The van der Waals surface area contributed by atoms with Crippen molar-refractivity contribution in [2.45, 2.75) is 13.0 Å². The van der Waals surface area contributed by atoms with Gasteiger partial charge >= 0.3 is 0 Å². The van der Waals surface area contributed by atoms with Gasteiger partial charge in [0, 0.05) is 56.3 Å². The van der Waals surface area contributed by atoms with Gasteiger partial charge in [0.15, 0.2) is 0 Å². The second-order valence-electron chi connectivity index (χ2n) is 4.38. The van der Waals surface area contributed by atoms with Gasteiger partial charge < -0.3 is 14.6 Å². The summed E-state index contributed by atoms with van der Waals surface area (Å²) in [6, 6.07) is 2.09. The molecule has 0 aliphatic rings. The molecule has 1 N–H and O–H groups in total. The summed E-state index contributed by atoms with van der Waals surface area (Å²) in [4.78, 5) is 3.64. The Bertz CT molecular complexity index is 422. The van der Waals surface area contributed by atoms with Gasteiger partial charge in [0.2, 0.25) is 0 Å². The molecule has 1 aromatic heterocycles. The minimum Gasteiger partial charge on any atom is -0.385 e. The Labute approximate surface area is 125 Å². The molecule has 0 unspecified atom stereocenters. The molecule has 20 heavy (non-hydrogen) atoms. The number of aliphatic hydroxyl groups is 1. The van der Waals surface area contributed by atoms with E-state index in [1.165, 1.54) is 4.88 Å². The van der Waals surface area contributed by atoms with Crippen molar-refractivity contribution in [2.75, 3.05) is 47.1 Å². The first kappa shape index (κ1) is 17.2. The highest BCUT2D eigenvalue weighted by molar-refractivity contribution is 7.10. The molecule has 4 nitrogen and oxygen atoms in total. The van der Waals surface area contributed by atoms with Crippen LogP contribution < -0.4 is 0 Å². The van der Waals surface area contributed by atoms with Crippen molar-refractivity contribution in [3.05, 3.63) is 21.9 Å². The molecular formula is C15H23NO3S. The number of thiophene rings is 1. The molecular weight excluding hydrogens is 274 g/mol. The Morgan fingerprint density at radius 2 is 2.05 bits per heavy atom. The summed E-state index contributed by atoms with van der Waals surface area (Å²) in [7, 11) is 3.45. The number of rotatable bonds is 9. The van der Waals surface area contributed by atoms with Crippen LogP contribution in [0, 0.1) is 11.8 Å². The lowest BCUT2D eigenvalue weighted by atomic mass is 10.3. The molecule has 0 saturated carbocycles. The van der Waals surface area contributed by atoms with E-state index in [4.69, 9.17) is 14.6 Å². The van der Waals surface area contributed by atoms with Crippen molar-refractivity contribution >= 4 is 11.3 Å². The van der Waals surface area contributed by atoms with Gasteiger partial charge in [0.25, 0.3) is 0 Å². The van der Waals surface area contributed by atoms with Crippen molar-refractivity contribution in [3.63, 3.8) is 0 Å². The van der Waals surface area contributed by atoms with Crippen molar-refractivity contribution in [2.24, 2.45) is 0 Å². The maximum atomic E-state index is 8.69. The molecule has 0 aliphatic heterocycles. The molecule has 1 rings (SSSR count). The highest BCUT2D eigenvalue weighted by atomic mass is 32.1. The lowest BCUT2D eigenvalue weighted by molar-refractivity contribution is 0.130. The van der Waals surface area contributed by atoms with Gasteiger partial charge in [-0.1, -0.05) is 11.8 Å². The van der Waals surface area contributed by atoms with Crippen LogP contribution in [0.2, 0.25) is 0 Å². The third-order valence-electron chi connectivity index (χ3n) is 2.78. The smallest absolute Gasteiger partial charge is 0.104 e. The quantitative estimate of drug-likeness (QED) is 0.555. The SMILES string of the molecule is COCCCN(CCOC)Cc1cc(C#CCO)cs1. The van der Waals surface area contributed by atoms with E-state index in [1.807, 2.05) is 5.38 Å². The van der Waals surface area contributed by atoms with Gasteiger partial charge in [-0.3, -0.25) is 4.90 Å². The van der Waals surface area contributed by atoms with Gasteiger partial charge in [-0.25, -0.2) is 0 Å². The van der Waals surface area contributed by atoms with Crippen molar-refractivity contribution < 1.29 is 14.6 Å². The molecule has 0 aromatic carbocycles. The van der Waals surface area contributed by atoms with Gasteiger partial charge in [0.1, 0.15) is 6.61 Å². The van der Waals surface area contributed by atoms with E-state index in [-0.39, 0.29) is 6.61 Å². The lowest BCUT2D eigenvalue weighted by Crippen LogP contribution is -2.28. The lowest BCUT2D eigenvalue weighted by Gasteiger charge is -2.20. The Balaban J connectivity index is 2.51. The standard InChI is InChI=1S/C15H23NO3S/c1-18-9-4-6-16(7-10-19-2)12-15-11-14(13-20-15)5-3-8-17/h11,13,17H,4,6-10,12H2,1-2H3. The fraction of sp³-hybridized carbons (Fsp3) is 0.600. The zero-order valence-corrected chi connectivity index (χ0v) is 13.0. The monoisotopic (exact) mass is 297 g/mol. The molecule has 0 atom stereocenters. The van der Waals surface area contributed by atoms with Crippen LogP contribution in [0.3, 0.4) is 0 Å². The largest absolute Gasteiger partial charge is 0.385 e. The summed E-state index contributed by atoms with van der Waals surface area (Å²) in [6.45, 7) is 4.22. The van der Waals surface area contributed by atoms with Crippen molar-refractivity contribution in [3.8, 4) is 11.8 Å². The number of hydrogen-bond donors (Lipinski definition) is 1. The predicted octanol–water partition coefficient (Wildman–Crippen LogP) is 1.58. The summed E-state index contributed by atoms with van der Waals surface area (Å²) in [5.41, 5.74) is 0.975. The highest BCUT2D eigenvalue weighted by Crippen LogP contribution is 2.16. The number of ether oxygens (including phenoxy) is 2. The number of nitrogens with zero attached hydrogens (tertiary/aromatic N) is 1. The van der Waals surface area contributed by atoms with Crippen molar-refractivity contribution in [1.29, 1.82) is 0 Å². The Morgan fingerprint density at radius 1 is 1.25 bits per heavy atom. The number of aliphatic hydroxyl groups excluding tert-OH is 1. The molecule has 0 amide bonds. The average molecular weight is 297 g/mol. The Morgan fingerprint density at radius 3 is 2.75 bits per heavy atom. The molecule has 0 aliphatic carbocycles. The summed E-state index contributed by atoms with van der Waals surface area (Å²) >= 11 is 1.70. The first-order valence-electron chi connectivity index (χ1n) is 6.67. The maximum Gasteiger partial charge on any atom is 0.104 e. The Hall–Kier alpha value is -0.900. The van der Waals surface area contributed by atoms with Crippen LogP contribution in [0.4, 0.5) is 0 Å². The van der Waals surface area contributed by atoms with Crippen LogP contribution in [0.1, 0.15) is 16.9 Å². The molecule has 0 spiro atoms. The zero-order valence-electron chi connectivity index (χ0n) is 12.2. The van der Waals surface area contributed by atoms with Crippen LogP contribution in [-0.2, 0) is 16.0 Å². The summed E-state index contributed by atoms with van der Waals surface area (Å²) in [6.07, 6.45) is 1.02. The molecule has 1 aromatic rings. The second kappa shape index (κ2) is 10.8. The van der Waals surface area contributed by atoms with Gasteiger partial charge in [-0.15, -0.1) is 11.3 Å². The van der Waals surface area contributed by atoms with Gasteiger partial charge in [-0.05, 0) is 12.5 Å². The second-order valence-corrected chi connectivity index (χ2v) is 5.37. The van der Waals surface area contributed by atoms with E-state index in [2.05, 4.69) is 22.8 Å². The Kier molecular flexibility index (Phi) is 9.29. The molecule has 112 valence electrons. The fourth-order valence-electron chi connectivity index (χ4n) is 1.81. The van der Waals surface area contributed by atoms with E-state index in [0.717, 1.165) is 44.8 Å². The van der Waals surface area contributed by atoms with Crippen LogP contribution >= 0.6 is 11.3 Å². The summed E-state index contributed by atoms with van der Waals surface area (Å²) in [5, 5.41) is 10.7.